The van der Waals surface area contributed by atoms with E-state index in [1.807, 2.05) is 0 Å². The van der Waals surface area contributed by atoms with Crippen LogP contribution in [0.15, 0.2) is 0 Å². The molecule has 0 amide bonds. The Kier molecular flexibility index (Phi) is 5.10. The highest BCUT2D eigenvalue weighted by molar-refractivity contribution is 7.81. The number of ether oxygens (including phenoxy) is 2. The molecule has 0 aliphatic rings. The summed E-state index contributed by atoms with van der Waals surface area (Å²) >= 11 is 6.46. The van der Waals surface area contributed by atoms with Gasteiger partial charge in [-0.05, 0) is 0 Å². The van der Waals surface area contributed by atoms with E-state index < -0.39 is 0 Å². The molecule has 1 rings (SSSR count). The van der Waals surface area contributed by atoms with E-state index in [1.165, 1.54) is 11.3 Å². The molecule has 0 fully saturated rings. The summed E-state index contributed by atoms with van der Waals surface area (Å²) in [6.45, 7) is 1.09. The number of methoxy groups -OCH3 is 2. The third-order valence-corrected chi connectivity index (χ3v) is 3.29. The lowest BCUT2D eigenvalue weighted by Crippen LogP contribution is -2.10. The third-order valence-electron chi connectivity index (χ3n) is 1.77. The van der Waals surface area contributed by atoms with Crippen LogP contribution < -0.4 is 5.73 Å². The molecule has 0 aliphatic heterocycles. The van der Waals surface area contributed by atoms with Crippen LogP contribution in [0.1, 0.15) is 15.6 Å². The number of hydrogen-bond acceptors (Lipinski definition) is 5. The van der Waals surface area contributed by atoms with Gasteiger partial charge in [0.05, 0.1) is 28.8 Å². The molecule has 0 radical (unpaired) electrons. The molecule has 0 saturated carbocycles. The maximum Gasteiger partial charge on any atom is 0.116 e. The monoisotopic (exact) mass is 246 g/mol. The highest BCUT2D eigenvalue weighted by Crippen LogP contribution is 2.19. The van der Waals surface area contributed by atoms with Gasteiger partial charge in [0.2, 0.25) is 0 Å². The zero-order valence-electron chi connectivity index (χ0n) is 8.78. The van der Waals surface area contributed by atoms with Crippen LogP contribution >= 0.6 is 23.6 Å². The van der Waals surface area contributed by atoms with Crippen molar-refractivity contribution in [2.75, 3.05) is 20.8 Å². The topological polar surface area (TPSA) is 57.4 Å². The van der Waals surface area contributed by atoms with E-state index in [9.17, 15) is 0 Å². The number of thiocarbonyl (C=S) groups is 1. The first-order valence-corrected chi connectivity index (χ1v) is 5.67. The fourth-order valence-corrected chi connectivity index (χ4v) is 2.27. The highest BCUT2D eigenvalue weighted by Gasteiger charge is 2.12. The number of hydrogen-bond donors (Lipinski definition) is 1. The van der Waals surface area contributed by atoms with Gasteiger partial charge in [-0.25, -0.2) is 4.98 Å². The normalized spacial score (nSPS) is 10.5. The summed E-state index contributed by atoms with van der Waals surface area (Å²) in [4.78, 5) is 5.63. The van der Waals surface area contributed by atoms with Crippen LogP contribution in [0.2, 0.25) is 0 Å². The number of nitrogens with zero attached hydrogens (tertiary/aromatic N) is 1. The third kappa shape index (κ3) is 3.49. The summed E-state index contributed by atoms with van der Waals surface area (Å²) in [5.74, 6) is 0. The first kappa shape index (κ1) is 12.5. The minimum absolute atomic E-state index is 0.378. The van der Waals surface area contributed by atoms with Crippen molar-refractivity contribution in [1.29, 1.82) is 0 Å². The van der Waals surface area contributed by atoms with Crippen molar-refractivity contribution >= 4 is 28.5 Å². The van der Waals surface area contributed by atoms with Crippen LogP contribution in [-0.2, 0) is 22.5 Å². The Morgan fingerprint density at radius 2 is 2.20 bits per heavy atom. The van der Waals surface area contributed by atoms with Crippen molar-refractivity contribution in [2.45, 2.75) is 13.0 Å². The van der Waals surface area contributed by atoms with Crippen LogP contribution in [0.5, 0.6) is 0 Å². The SMILES string of the molecule is COCCc1nc(COC)c(C(N)=S)s1. The highest BCUT2D eigenvalue weighted by atomic mass is 32.1. The molecule has 0 saturated heterocycles. The molecule has 6 heteroatoms. The minimum atomic E-state index is 0.378. The molecule has 2 N–H and O–H groups in total. The molecule has 0 spiro atoms. The van der Waals surface area contributed by atoms with E-state index in [4.69, 9.17) is 27.4 Å². The average molecular weight is 246 g/mol. The molecule has 84 valence electrons. The van der Waals surface area contributed by atoms with Crippen molar-refractivity contribution in [3.05, 3.63) is 15.6 Å². The first-order chi connectivity index (χ1) is 7.19. The van der Waals surface area contributed by atoms with Gasteiger partial charge < -0.3 is 15.2 Å². The van der Waals surface area contributed by atoms with E-state index in [1.54, 1.807) is 14.2 Å². The second-order valence-corrected chi connectivity index (χ2v) is 4.45. The molecule has 0 atom stereocenters. The van der Waals surface area contributed by atoms with Crippen molar-refractivity contribution < 1.29 is 9.47 Å². The van der Waals surface area contributed by atoms with Gasteiger partial charge in [0, 0.05) is 20.6 Å². The maximum atomic E-state index is 5.60. The summed E-state index contributed by atoms with van der Waals surface area (Å²) < 4.78 is 10.0. The molecule has 0 aliphatic carbocycles. The summed E-state index contributed by atoms with van der Waals surface area (Å²) in [5.41, 5.74) is 6.42. The Balaban J connectivity index is 2.83. The van der Waals surface area contributed by atoms with Gasteiger partial charge in [-0.15, -0.1) is 11.3 Å². The molecule has 0 unspecified atom stereocenters. The lowest BCUT2D eigenvalue weighted by Gasteiger charge is -1.97. The largest absolute Gasteiger partial charge is 0.389 e. The summed E-state index contributed by atoms with van der Waals surface area (Å²) in [7, 11) is 3.29. The molecular formula is C9H14N2O2S2. The zero-order chi connectivity index (χ0) is 11.3. The number of aromatic nitrogens is 1. The Labute approximate surface area is 98.4 Å². The fourth-order valence-electron chi connectivity index (χ4n) is 1.12. The van der Waals surface area contributed by atoms with Gasteiger partial charge in [-0.2, -0.15) is 0 Å². The van der Waals surface area contributed by atoms with Crippen LogP contribution in [0, 0.1) is 0 Å². The van der Waals surface area contributed by atoms with Gasteiger partial charge in [0.1, 0.15) is 4.99 Å². The van der Waals surface area contributed by atoms with E-state index in [-0.39, 0.29) is 0 Å². The molecular weight excluding hydrogens is 232 g/mol. The van der Waals surface area contributed by atoms with Gasteiger partial charge in [-0.3, -0.25) is 0 Å². The van der Waals surface area contributed by atoms with Crippen LogP contribution in [0.3, 0.4) is 0 Å². The molecule has 1 heterocycles. The quantitative estimate of drug-likeness (QED) is 0.762. The summed E-state index contributed by atoms with van der Waals surface area (Å²) in [5, 5.41) is 0.978. The summed E-state index contributed by atoms with van der Waals surface area (Å²) in [6.07, 6.45) is 0.778. The van der Waals surface area contributed by atoms with Gasteiger partial charge in [0.25, 0.3) is 0 Å². The van der Waals surface area contributed by atoms with Gasteiger partial charge >= 0.3 is 0 Å². The smallest absolute Gasteiger partial charge is 0.116 e. The summed E-state index contributed by atoms with van der Waals surface area (Å²) in [6, 6.07) is 0. The Morgan fingerprint density at radius 1 is 1.47 bits per heavy atom. The minimum Gasteiger partial charge on any atom is -0.389 e. The standard InChI is InChI=1S/C9H14N2O2S2/c1-12-4-3-7-11-6(5-13-2)8(15-7)9(10)14/h3-5H2,1-2H3,(H2,10,14). The first-order valence-electron chi connectivity index (χ1n) is 4.45. The van der Waals surface area contributed by atoms with Crippen LogP contribution in [0.25, 0.3) is 0 Å². The van der Waals surface area contributed by atoms with Crippen molar-refractivity contribution in [2.24, 2.45) is 5.73 Å². The number of nitrogens with two attached hydrogens (primary N) is 1. The molecule has 1 aromatic rings. The molecule has 15 heavy (non-hydrogen) atoms. The number of rotatable bonds is 6. The fraction of sp³-hybridized carbons (Fsp3) is 0.556. The second-order valence-electron chi connectivity index (χ2n) is 2.92. The zero-order valence-corrected chi connectivity index (χ0v) is 10.4. The Hall–Kier alpha value is -0.560. The lowest BCUT2D eigenvalue weighted by molar-refractivity contribution is 0.181. The Bertz CT molecular complexity index is 339. The van der Waals surface area contributed by atoms with E-state index >= 15 is 0 Å². The maximum absolute atomic E-state index is 5.60. The predicted octanol–water partition coefficient (Wildman–Crippen LogP) is 1.11. The van der Waals surface area contributed by atoms with E-state index in [0.717, 1.165) is 22.0 Å². The molecule has 1 aromatic heterocycles. The molecule has 0 bridgehead atoms. The lowest BCUT2D eigenvalue weighted by atomic mass is 10.3. The molecule has 4 nitrogen and oxygen atoms in total. The Morgan fingerprint density at radius 3 is 2.73 bits per heavy atom. The van der Waals surface area contributed by atoms with Crippen molar-refractivity contribution in [3.63, 3.8) is 0 Å². The van der Waals surface area contributed by atoms with E-state index in [2.05, 4.69) is 4.98 Å². The predicted molar refractivity (Wildman–Crippen MR) is 64.3 cm³/mol. The second kappa shape index (κ2) is 6.12. The average Bonchev–Trinajstić information content (AvgIpc) is 2.59. The number of thiazole rings is 1. The van der Waals surface area contributed by atoms with E-state index in [0.29, 0.717) is 18.2 Å². The van der Waals surface area contributed by atoms with Crippen LogP contribution in [0.4, 0.5) is 0 Å². The van der Waals surface area contributed by atoms with Crippen molar-refractivity contribution in [3.8, 4) is 0 Å². The molecule has 0 aromatic carbocycles. The van der Waals surface area contributed by atoms with Crippen molar-refractivity contribution in [1.82, 2.24) is 4.98 Å². The van der Waals surface area contributed by atoms with Gasteiger partial charge in [-0.1, -0.05) is 12.2 Å². The van der Waals surface area contributed by atoms with Gasteiger partial charge in [0.15, 0.2) is 0 Å². The van der Waals surface area contributed by atoms with Crippen LogP contribution in [-0.4, -0.2) is 30.8 Å².